The minimum Gasteiger partial charge on any atom is -0.365 e. The van der Waals surface area contributed by atoms with E-state index >= 15 is 0 Å². The van der Waals surface area contributed by atoms with Gasteiger partial charge in [0.2, 0.25) is 5.82 Å². The number of rotatable bonds is 7. The predicted octanol–water partition coefficient (Wildman–Crippen LogP) is 5.96. The number of nitriles is 1. The van der Waals surface area contributed by atoms with E-state index in [0.29, 0.717) is 47.3 Å². The summed E-state index contributed by atoms with van der Waals surface area (Å²) in [5.41, 5.74) is 2.07. The van der Waals surface area contributed by atoms with Crippen molar-refractivity contribution in [1.82, 2.24) is 19.5 Å². The molecule has 1 aliphatic carbocycles. The van der Waals surface area contributed by atoms with Crippen LogP contribution in [-0.2, 0) is 19.1 Å². The fourth-order valence-corrected chi connectivity index (χ4v) is 4.57. The van der Waals surface area contributed by atoms with Gasteiger partial charge in [-0.1, -0.05) is 48.9 Å². The molecule has 4 aromatic rings. The maximum absolute atomic E-state index is 13.1. The Bertz CT molecular complexity index is 1400. The largest absolute Gasteiger partial charge is 0.416 e. The summed E-state index contributed by atoms with van der Waals surface area (Å²) in [5.74, 6) is 1.77. The topological polar surface area (TPSA) is 79.4 Å². The van der Waals surface area contributed by atoms with E-state index in [4.69, 9.17) is 4.98 Å². The molecule has 1 N–H and O–H groups in total. The van der Waals surface area contributed by atoms with Crippen molar-refractivity contribution in [3.8, 4) is 6.07 Å². The molecule has 1 unspecified atom stereocenters. The Labute approximate surface area is 206 Å². The van der Waals surface area contributed by atoms with E-state index in [1.54, 1.807) is 0 Å². The van der Waals surface area contributed by atoms with Gasteiger partial charge in [-0.05, 0) is 48.9 Å². The summed E-state index contributed by atoms with van der Waals surface area (Å²) in [6, 6.07) is 17.1. The van der Waals surface area contributed by atoms with Crippen molar-refractivity contribution in [1.29, 1.82) is 5.26 Å². The zero-order chi connectivity index (χ0) is 25.3. The molecule has 1 atom stereocenters. The van der Waals surface area contributed by atoms with Crippen molar-refractivity contribution in [3.05, 3.63) is 82.9 Å². The first-order valence-electron chi connectivity index (χ1n) is 12.0. The first-order chi connectivity index (χ1) is 17.3. The molecule has 6 nitrogen and oxygen atoms in total. The number of nitrogens with one attached hydrogen (secondary N) is 1. The molecule has 9 heteroatoms. The smallest absolute Gasteiger partial charge is 0.365 e. The van der Waals surface area contributed by atoms with E-state index in [1.165, 1.54) is 18.6 Å². The lowest BCUT2D eigenvalue weighted by atomic mass is 9.80. The van der Waals surface area contributed by atoms with Gasteiger partial charge >= 0.3 is 6.18 Å². The fourth-order valence-electron chi connectivity index (χ4n) is 4.57. The number of aromatic nitrogens is 4. The molecule has 0 amide bonds. The van der Waals surface area contributed by atoms with Gasteiger partial charge in [-0.3, -0.25) is 0 Å². The normalized spacial score (nSPS) is 14.9. The molecular formula is C27H25F3N6. The van der Waals surface area contributed by atoms with E-state index in [2.05, 4.69) is 22.2 Å². The van der Waals surface area contributed by atoms with Crippen molar-refractivity contribution in [2.45, 2.75) is 51.4 Å². The van der Waals surface area contributed by atoms with Crippen LogP contribution in [0.5, 0.6) is 0 Å². The fraction of sp³-hybridized carbons (Fsp3) is 0.333. The van der Waals surface area contributed by atoms with Crippen molar-refractivity contribution < 1.29 is 13.2 Å². The molecule has 5 rings (SSSR count). The molecule has 0 aliphatic heterocycles. The SMILES string of the molecule is CC(Nc1nc(C#N)nc2nc(Cc3ccccc3)n(Cc3ccc(C(F)(F)F)cc3)c12)C1CCC1. The molecule has 1 fully saturated rings. The molecule has 184 valence electrons. The summed E-state index contributed by atoms with van der Waals surface area (Å²) in [5, 5.41) is 13.0. The number of nitrogens with zero attached hydrogens (tertiary/aromatic N) is 5. The van der Waals surface area contributed by atoms with Crippen LogP contribution in [0.15, 0.2) is 54.6 Å². The molecule has 2 aromatic heterocycles. The van der Waals surface area contributed by atoms with Gasteiger partial charge in [-0.2, -0.15) is 28.4 Å². The maximum atomic E-state index is 13.1. The van der Waals surface area contributed by atoms with Crippen molar-refractivity contribution in [2.75, 3.05) is 5.32 Å². The quantitative estimate of drug-likeness (QED) is 0.346. The Hall–Kier alpha value is -3.93. The van der Waals surface area contributed by atoms with Gasteiger partial charge in [-0.25, -0.2) is 4.98 Å². The minimum absolute atomic E-state index is 0.0243. The molecule has 0 bridgehead atoms. The second-order valence-corrected chi connectivity index (χ2v) is 9.28. The van der Waals surface area contributed by atoms with E-state index in [1.807, 2.05) is 41.0 Å². The van der Waals surface area contributed by atoms with Crippen LogP contribution < -0.4 is 5.32 Å². The second kappa shape index (κ2) is 9.61. The number of benzene rings is 2. The highest BCUT2D eigenvalue weighted by atomic mass is 19.4. The summed E-state index contributed by atoms with van der Waals surface area (Å²) in [6.45, 7) is 2.39. The van der Waals surface area contributed by atoms with Gasteiger partial charge in [0.15, 0.2) is 11.5 Å². The van der Waals surface area contributed by atoms with Crippen LogP contribution in [0.4, 0.5) is 19.0 Å². The van der Waals surface area contributed by atoms with E-state index in [9.17, 15) is 18.4 Å². The zero-order valence-electron chi connectivity index (χ0n) is 19.8. The lowest BCUT2D eigenvalue weighted by Gasteiger charge is -2.32. The van der Waals surface area contributed by atoms with E-state index in [0.717, 1.165) is 30.5 Å². The third-order valence-electron chi connectivity index (χ3n) is 6.83. The number of halogens is 3. The third-order valence-corrected chi connectivity index (χ3v) is 6.83. The van der Waals surface area contributed by atoms with Crippen LogP contribution in [0.2, 0.25) is 0 Å². The Balaban J connectivity index is 1.60. The third kappa shape index (κ3) is 4.89. The summed E-state index contributed by atoms with van der Waals surface area (Å²) < 4.78 is 41.2. The van der Waals surface area contributed by atoms with Gasteiger partial charge in [0.1, 0.15) is 17.4 Å². The van der Waals surface area contributed by atoms with Gasteiger partial charge in [0.25, 0.3) is 0 Å². The number of alkyl halides is 3. The van der Waals surface area contributed by atoms with E-state index < -0.39 is 11.7 Å². The van der Waals surface area contributed by atoms with Gasteiger partial charge in [-0.15, -0.1) is 0 Å². The minimum atomic E-state index is -4.39. The molecular weight excluding hydrogens is 465 g/mol. The van der Waals surface area contributed by atoms with Crippen LogP contribution in [-0.4, -0.2) is 25.6 Å². The Morgan fingerprint density at radius 1 is 1.03 bits per heavy atom. The number of anilines is 1. The van der Waals surface area contributed by atoms with E-state index in [-0.39, 0.29) is 11.9 Å². The molecule has 1 aliphatic rings. The average molecular weight is 491 g/mol. The molecule has 36 heavy (non-hydrogen) atoms. The zero-order valence-corrected chi connectivity index (χ0v) is 19.8. The highest BCUT2D eigenvalue weighted by molar-refractivity contribution is 5.84. The number of hydrogen-bond acceptors (Lipinski definition) is 5. The number of fused-ring (bicyclic) bond motifs is 1. The highest BCUT2D eigenvalue weighted by Crippen LogP contribution is 2.33. The average Bonchev–Trinajstić information content (AvgIpc) is 3.15. The second-order valence-electron chi connectivity index (χ2n) is 9.28. The van der Waals surface area contributed by atoms with Crippen LogP contribution in [0.1, 0.15) is 54.5 Å². The summed E-state index contributed by atoms with van der Waals surface area (Å²) in [6.07, 6.45) is -0.423. The molecule has 2 aromatic carbocycles. The van der Waals surface area contributed by atoms with Crippen molar-refractivity contribution in [2.24, 2.45) is 5.92 Å². The molecule has 1 saturated carbocycles. The van der Waals surface area contributed by atoms with Crippen LogP contribution in [0.3, 0.4) is 0 Å². The Morgan fingerprint density at radius 3 is 2.36 bits per heavy atom. The van der Waals surface area contributed by atoms with Crippen LogP contribution >= 0.6 is 0 Å². The first-order valence-corrected chi connectivity index (χ1v) is 12.0. The summed E-state index contributed by atoms with van der Waals surface area (Å²) >= 11 is 0. The summed E-state index contributed by atoms with van der Waals surface area (Å²) in [7, 11) is 0. The van der Waals surface area contributed by atoms with Gasteiger partial charge in [0.05, 0.1) is 5.56 Å². The Morgan fingerprint density at radius 2 is 1.75 bits per heavy atom. The predicted molar refractivity (Wildman–Crippen MR) is 130 cm³/mol. The monoisotopic (exact) mass is 490 g/mol. The number of hydrogen-bond donors (Lipinski definition) is 1. The first kappa shape index (κ1) is 23.8. The van der Waals surface area contributed by atoms with Gasteiger partial charge < -0.3 is 9.88 Å². The molecule has 0 saturated heterocycles. The highest BCUT2D eigenvalue weighted by Gasteiger charge is 2.30. The lowest BCUT2D eigenvalue weighted by Crippen LogP contribution is -2.31. The standard InChI is InChI=1S/C27H25F3N6/c1-17(20-8-5-9-20)32-25-24-26(34-22(15-31)33-25)35-23(14-18-6-3-2-4-7-18)36(24)16-19-10-12-21(13-11-19)27(28,29)30/h2-4,6-7,10-13,17,20H,5,8-9,14,16H2,1H3,(H,32,33,34). The molecule has 2 heterocycles. The summed E-state index contributed by atoms with van der Waals surface area (Å²) in [4.78, 5) is 13.6. The number of imidazole rings is 1. The van der Waals surface area contributed by atoms with Gasteiger partial charge in [0, 0.05) is 19.0 Å². The van der Waals surface area contributed by atoms with Crippen molar-refractivity contribution in [3.63, 3.8) is 0 Å². The maximum Gasteiger partial charge on any atom is 0.416 e. The molecule has 0 radical (unpaired) electrons. The van der Waals surface area contributed by atoms with Crippen LogP contribution in [0, 0.1) is 17.2 Å². The molecule has 0 spiro atoms. The van der Waals surface area contributed by atoms with Crippen molar-refractivity contribution >= 4 is 17.0 Å². The van der Waals surface area contributed by atoms with Crippen LogP contribution in [0.25, 0.3) is 11.2 Å². The lowest BCUT2D eigenvalue weighted by molar-refractivity contribution is -0.137. The Kier molecular flexibility index (Phi) is 6.35.